The van der Waals surface area contributed by atoms with Gasteiger partial charge < -0.3 is 15.0 Å². The van der Waals surface area contributed by atoms with E-state index in [0.29, 0.717) is 13.0 Å². The summed E-state index contributed by atoms with van der Waals surface area (Å²) in [6, 6.07) is 9.02. The Morgan fingerprint density at radius 3 is 2.83 bits per heavy atom. The minimum atomic E-state index is -0.437. The molecule has 1 saturated heterocycles. The molecule has 2 rings (SSSR count). The quantitative estimate of drug-likeness (QED) is 0.846. The second kappa shape index (κ2) is 5.64. The van der Waals surface area contributed by atoms with Crippen LogP contribution in [0.3, 0.4) is 0 Å². The lowest BCUT2D eigenvalue weighted by atomic mass is 10.2. The number of hydrogen-bond acceptors (Lipinski definition) is 3. The van der Waals surface area contributed by atoms with E-state index >= 15 is 0 Å². The lowest BCUT2D eigenvalue weighted by Crippen LogP contribution is -2.42. The van der Waals surface area contributed by atoms with E-state index in [1.807, 2.05) is 30.3 Å². The number of benzene rings is 1. The zero-order valence-corrected chi connectivity index (χ0v) is 10.3. The molecular weight excluding hydrogens is 232 g/mol. The molecule has 2 amide bonds. The van der Waals surface area contributed by atoms with E-state index in [-0.39, 0.29) is 18.4 Å². The summed E-state index contributed by atoms with van der Waals surface area (Å²) in [5.74, 6) is -0.323. The van der Waals surface area contributed by atoms with Gasteiger partial charge in [-0.3, -0.25) is 9.59 Å². The molecule has 1 aliphatic rings. The minimum Gasteiger partial charge on any atom is -0.375 e. The molecule has 0 saturated carbocycles. The zero-order valence-electron chi connectivity index (χ0n) is 10.3. The summed E-state index contributed by atoms with van der Waals surface area (Å²) in [6.07, 6.45) is 0.628. The molecule has 1 unspecified atom stereocenters. The van der Waals surface area contributed by atoms with Gasteiger partial charge in [0.2, 0.25) is 11.8 Å². The monoisotopic (exact) mass is 248 g/mol. The van der Waals surface area contributed by atoms with E-state index in [1.165, 1.54) is 7.11 Å². The molecule has 18 heavy (non-hydrogen) atoms. The number of hydrogen-bond donors (Lipinski definition) is 1. The standard InChI is InChI=1S/C13H16N2O3/c1-18-9-12(16)14-11-7-8-15(13(11)17)10-5-3-2-4-6-10/h2-6,11H,7-9H2,1H3,(H,14,16). The average molecular weight is 248 g/mol. The molecule has 1 heterocycles. The number of carbonyl (C=O) groups is 2. The Morgan fingerprint density at radius 2 is 2.17 bits per heavy atom. The van der Waals surface area contributed by atoms with Crippen molar-refractivity contribution in [3.63, 3.8) is 0 Å². The minimum absolute atomic E-state index is 0.0187. The number of ether oxygens (including phenoxy) is 1. The van der Waals surface area contributed by atoms with Gasteiger partial charge in [0, 0.05) is 19.3 Å². The van der Waals surface area contributed by atoms with Crippen molar-refractivity contribution < 1.29 is 14.3 Å². The molecule has 1 N–H and O–H groups in total. The highest BCUT2D eigenvalue weighted by atomic mass is 16.5. The number of rotatable bonds is 4. The Hall–Kier alpha value is -1.88. The Balaban J connectivity index is 1.99. The summed E-state index contributed by atoms with van der Waals surface area (Å²) < 4.78 is 4.72. The molecule has 96 valence electrons. The Bertz CT molecular complexity index is 433. The predicted octanol–water partition coefficient (Wildman–Crippen LogP) is 0.554. The van der Waals surface area contributed by atoms with Gasteiger partial charge in [-0.25, -0.2) is 0 Å². The van der Waals surface area contributed by atoms with Gasteiger partial charge in [0.1, 0.15) is 12.6 Å². The average Bonchev–Trinajstić information content (AvgIpc) is 2.72. The molecular formula is C13H16N2O3. The Kier molecular flexibility index (Phi) is 3.94. The maximum atomic E-state index is 12.1. The number of amides is 2. The Morgan fingerprint density at radius 1 is 1.44 bits per heavy atom. The van der Waals surface area contributed by atoms with Crippen molar-refractivity contribution in [3.05, 3.63) is 30.3 Å². The van der Waals surface area contributed by atoms with Crippen LogP contribution in [0.2, 0.25) is 0 Å². The summed E-state index contributed by atoms with van der Waals surface area (Å²) >= 11 is 0. The number of para-hydroxylation sites is 1. The maximum Gasteiger partial charge on any atom is 0.249 e. The van der Waals surface area contributed by atoms with Crippen molar-refractivity contribution in [2.45, 2.75) is 12.5 Å². The first-order valence-corrected chi connectivity index (χ1v) is 5.87. The summed E-state index contributed by atoms with van der Waals surface area (Å²) in [6.45, 7) is 0.607. The lowest BCUT2D eigenvalue weighted by Gasteiger charge is -2.17. The van der Waals surface area contributed by atoms with E-state index in [9.17, 15) is 9.59 Å². The third-order valence-corrected chi connectivity index (χ3v) is 2.88. The highest BCUT2D eigenvalue weighted by Crippen LogP contribution is 2.20. The number of nitrogens with one attached hydrogen (secondary N) is 1. The molecule has 0 aromatic heterocycles. The van der Waals surface area contributed by atoms with Crippen molar-refractivity contribution in [1.29, 1.82) is 0 Å². The van der Waals surface area contributed by atoms with Gasteiger partial charge in [-0.05, 0) is 18.6 Å². The highest BCUT2D eigenvalue weighted by Gasteiger charge is 2.33. The summed E-state index contributed by atoms with van der Waals surface area (Å²) in [5.41, 5.74) is 0.867. The summed E-state index contributed by atoms with van der Waals surface area (Å²) in [7, 11) is 1.45. The smallest absolute Gasteiger partial charge is 0.249 e. The fourth-order valence-electron chi connectivity index (χ4n) is 2.05. The second-order valence-electron chi connectivity index (χ2n) is 4.17. The third-order valence-electron chi connectivity index (χ3n) is 2.88. The van der Waals surface area contributed by atoms with Crippen molar-refractivity contribution in [3.8, 4) is 0 Å². The third kappa shape index (κ3) is 2.68. The number of anilines is 1. The first-order chi connectivity index (χ1) is 8.72. The maximum absolute atomic E-state index is 12.1. The van der Waals surface area contributed by atoms with Gasteiger partial charge in [0.15, 0.2) is 0 Å². The fraction of sp³-hybridized carbons (Fsp3) is 0.385. The van der Waals surface area contributed by atoms with Crippen molar-refractivity contribution in [2.75, 3.05) is 25.2 Å². The van der Waals surface area contributed by atoms with Crippen LogP contribution >= 0.6 is 0 Å². The van der Waals surface area contributed by atoms with E-state index in [2.05, 4.69) is 5.32 Å². The van der Waals surface area contributed by atoms with E-state index in [4.69, 9.17) is 4.74 Å². The SMILES string of the molecule is COCC(=O)NC1CCN(c2ccccc2)C1=O. The second-order valence-corrected chi connectivity index (χ2v) is 4.17. The first-order valence-electron chi connectivity index (χ1n) is 5.87. The van der Waals surface area contributed by atoms with Gasteiger partial charge in [0.05, 0.1) is 0 Å². The fourth-order valence-corrected chi connectivity index (χ4v) is 2.05. The molecule has 1 aromatic rings. The number of methoxy groups -OCH3 is 1. The van der Waals surface area contributed by atoms with Crippen LogP contribution in [0.25, 0.3) is 0 Å². The number of carbonyl (C=O) groups excluding carboxylic acids is 2. The predicted molar refractivity (Wildman–Crippen MR) is 67.2 cm³/mol. The van der Waals surface area contributed by atoms with Crippen LogP contribution in [0.5, 0.6) is 0 Å². The van der Waals surface area contributed by atoms with Crippen LogP contribution in [0.1, 0.15) is 6.42 Å². The van der Waals surface area contributed by atoms with Crippen molar-refractivity contribution in [1.82, 2.24) is 5.32 Å². The van der Waals surface area contributed by atoms with Gasteiger partial charge in [-0.2, -0.15) is 0 Å². The lowest BCUT2D eigenvalue weighted by molar-refractivity contribution is -0.128. The molecule has 1 aliphatic heterocycles. The topological polar surface area (TPSA) is 58.6 Å². The molecule has 5 nitrogen and oxygen atoms in total. The molecule has 0 radical (unpaired) electrons. The normalized spacial score (nSPS) is 19.1. The first kappa shape index (κ1) is 12.6. The van der Waals surface area contributed by atoms with Gasteiger partial charge >= 0.3 is 0 Å². The van der Waals surface area contributed by atoms with Crippen LogP contribution in [0.4, 0.5) is 5.69 Å². The highest BCUT2D eigenvalue weighted by molar-refractivity contribution is 6.01. The van der Waals surface area contributed by atoms with E-state index in [1.54, 1.807) is 4.90 Å². The van der Waals surface area contributed by atoms with Crippen molar-refractivity contribution in [2.24, 2.45) is 0 Å². The largest absolute Gasteiger partial charge is 0.375 e. The van der Waals surface area contributed by atoms with Crippen LogP contribution in [0, 0.1) is 0 Å². The number of nitrogens with zero attached hydrogens (tertiary/aromatic N) is 1. The van der Waals surface area contributed by atoms with Crippen LogP contribution in [0.15, 0.2) is 30.3 Å². The summed E-state index contributed by atoms with van der Waals surface area (Å²) in [4.78, 5) is 25.2. The van der Waals surface area contributed by atoms with Crippen LogP contribution in [-0.2, 0) is 14.3 Å². The Labute approximate surface area is 106 Å². The van der Waals surface area contributed by atoms with Crippen LogP contribution < -0.4 is 10.2 Å². The van der Waals surface area contributed by atoms with Gasteiger partial charge in [-0.15, -0.1) is 0 Å². The molecule has 0 bridgehead atoms. The van der Waals surface area contributed by atoms with Gasteiger partial charge in [0.25, 0.3) is 0 Å². The zero-order chi connectivity index (χ0) is 13.0. The van der Waals surface area contributed by atoms with E-state index in [0.717, 1.165) is 5.69 Å². The molecule has 0 spiro atoms. The molecule has 0 aliphatic carbocycles. The van der Waals surface area contributed by atoms with Gasteiger partial charge in [-0.1, -0.05) is 18.2 Å². The van der Waals surface area contributed by atoms with Crippen LogP contribution in [-0.4, -0.2) is 38.1 Å². The molecule has 1 atom stereocenters. The molecule has 5 heteroatoms. The van der Waals surface area contributed by atoms with E-state index < -0.39 is 6.04 Å². The van der Waals surface area contributed by atoms with Crippen molar-refractivity contribution >= 4 is 17.5 Å². The summed E-state index contributed by atoms with van der Waals surface area (Å²) in [5, 5.41) is 2.67. The molecule has 1 aromatic carbocycles. The molecule has 1 fully saturated rings.